The van der Waals surface area contributed by atoms with Crippen molar-refractivity contribution in [2.24, 2.45) is 10.3 Å². The third-order valence-electron chi connectivity index (χ3n) is 2.97. The van der Waals surface area contributed by atoms with Crippen LogP contribution >= 0.6 is 15.9 Å². The number of nitrogens with one attached hydrogen (secondary N) is 1. The summed E-state index contributed by atoms with van der Waals surface area (Å²) < 4.78 is 5.84. The molecule has 2 rings (SSSR count). The number of benzene rings is 2. The number of oxime groups is 1. The Bertz CT molecular complexity index is 776. The minimum atomic E-state index is -0.474. The van der Waals surface area contributed by atoms with Gasteiger partial charge in [-0.25, -0.2) is 5.43 Å². The summed E-state index contributed by atoms with van der Waals surface area (Å²) in [4.78, 5) is 16.5. The van der Waals surface area contributed by atoms with Gasteiger partial charge in [0.25, 0.3) is 5.91 Å². The molecule has 0 aliphatic carbocycles. The molecule has 2 aromatic carbocycles. The zero-order valence-corrected chi connectivity index (χ0v) is 14.9. The molecular weight excluding hydrogens is 390 g/mol. The largest absolute Gasteiger partial charge is 0.507 e. The first kappa shape index (κ1) is 18.5. The maximum atomic E-state index is 11.6. The van der Waals surface area contributed by atoms with Crippen molar-refractivity contribution in [1.82, 2.24) is 5.43 Å². The molecule has 0 aliphatic heterocycles. The number of phenols is 1. The first-order valence-corrected chi connectivity index (χ1v) is 7.97. The van der Waals surface area contributed by atoms with Crippen LogP contribution in [-0.2, 0) is 9.63 Å². The van der Waals surface area contributed by atoms with E-state index >= 15 is 0 Å². The standard InChI is InChI=1S/C17H16BrN3O4/c1-24-15-5-2-12(3-6-15)9-20-25-11-17(23)21-19-10-13-8-14(18)4-7-16(13)22/h2-10,22H,11H2,1H3,(H,21,23)/b19-10+,20-9?. The highest BCUT2D eigenvalue weighted by atomic mass is 79.9. The van der Waals surface area contributed by atoms with Crippen LogP contribution in [0.15, 0.2) is 57.2 Å². The lowest BCUT2D eigenvalue weighted by atomic mass is 10.2. The molecule has 8 heteroatoms. The molecule has 0 aromatic heterocycles. The molecule has 2 aromatic rings. The quantitative estimate of drug-likeness (QED) is 0.546. The van der Waals surface area contributed by atoms with Crippen LogP contribution in [0.2, 0.25) is 0 Å². The second-order valence-corrected chi connectivity index (χ2v) is 5.69. The van der Waals surface area contributed by atoms with Gasteiger partial charge in [0.05, 0.1) is 19.5 Å². The molecule has 2 N–H and O–H groups in total. The highest BCUT2D eigenvalue weighted by Crippen LogP contribution is 2.19. The number of ether oxygens (including phenoxy) is 1. The van der Waals surface area contributed by atoms with E-state index in [2.05, 4.69) is 31.6 Å². The predicted octanol–water partition coefficient (Wildman–Crippen LogP) is 2.66. The molecule has 7 nitrogen and oxygen atoms in total. The van der Waals surface area contributed by atoms with Gasteiger partial charge < -0.3 is 14.7 Å². The Hall–Kier alpha value is -2.87. The highest BCUT2D eigenvalue weighted by Gasteiger charge is 2.01. The van der Waals surface area contributed by atoms with Gasteiger partial charge in [-0.3, -0.25) is 4.79 Å². The number of hydrogen-bond donors (Lipinski definition) is 2. The van der Waals surface area contributed by atoms with Crippen LogP contribution in [-0.4, -0.2) is 37.2 Å². The highest BCUT2D eigenvalue weighted by molar-refractivity contribution is 9.10. The van der Waals surface area contributed by atoms with Crippen molar-refractivity contribution >= 4 is 34.3 Å². The molecule has 0 aliphatic rings. The van der Waals surface area contributed by atoms with Crippen molar-refractivity contribution in [2.45, 2.75) is 0 Å². The van der Waals surface area contributed by atoms with Gasteiger partial charge in [-0.2, -0.15) is 5.10 Å². The number of carbonyl (C=O) groups excluding carboxylic acids is 1. The number of methoxy groups -OCH3 is 1. The lowest BCUT2D eigenvalue weighted by Crippen LogP contribution is -2.22. The summed E-state index contributed by atoms with van der Waals surface area (Å²) in [7, 11) is 1.59. The van der Waals surface area contributed by atoms with Crippen LogP contribution < -0.4 is 10.2 Å². The van der Waals surface area contributed by atoms with Gasteiger partial charge in [0.15, 0.2) is 6.61 Å². The van der Waals surface area contributed by atoms with Crippen molar-refractivity contribution in [3.63, 3.8) is 0 Å². The average Bonchev–Trinajstić information content (AvgIpc) is 2.62. The van der Waals surface area contributed by atoms with Gasteiger partial charge in [0, 0.05) is 10.0 Å². The van der Waals surface area contributed by atoms with Crippen molar-refractivity contribution in [3.8, 4) is 11.5 Å². The summed E-state index contributed by atoms with van der Waals surface area (Å²) in [5.41, 5.74) is 3.56. The number of amides is 1. The molecule has 0 radical (unpaired) electrons. The fraction of sp³-hybridized carbons (Fsp3) is 0.118. The Morgan fingerprint density at radius 3 is 2.72 bits per heavy atom. The number of rotatable bonds is 7. The molecule has 0 fully saturated rings. The maximum absolute atomic E-state index is 11.6. The van der Waals surface area contributed by atoms with Gasteiger partial charge in [0.1, 0.15) is 11.5 Å². The van der Waals surface area contributed by atoms with Crippen LogP contribution in [0.5, 0.6) is 11.5 Å². The summed E-state index contributed by atoms with van der Waals surface area (Å²) >= 11 is 3.28. The van der Waals surface area contributed by atoms with E-state index in [-0.39, 0.29) is 12.4 Å². The van der Waals surface area contributed by atoms with Crippen LogP contribution in [0.25, 0.3) is 0 Å². The Morgan fingerprint density at radius 2 is 2.00 bits per heavy atom. The lowest BCUT2D eigenvalue weighted by molar-refractivity contribution is -0.125. The first-order valence-electron chi connectivity index (χ1n) is 7.18. The zero-order valence-electron chi connectivity index (χ0n) is 13.3. The SMILES string of the molecule is COc1ccc(C=NOCC(=O)N/N=C/c2cc(Br)ccc2O)cc1. The van der Waals surface area contributed by atoms with Crippen LogP contribution in [0.3, 0.4) is 0 Å². The fourth-order valence-electron chi connectivity index (χ4n) is 1.72. The summed E-state index contributed by atoms with van der Waals surface area (Å²) in [6.07, 6.45) is 2.81. The van der Waals surface area contributed by atoms with Crippen molar-refractivity contribution in [1.29, 1.82) is 0 Å². The molecule has 0 heterocycles. The number of hydrazone groups is 1. The fourth-order valence-corrected chi connectivity index (χ4v) is 2.10. The Balaban J connectivity index is 1.75. The molecule has 0 saturated carbocycles. The summed E-state index contributed by atoms with van der Waals surface area (Å²) in [5, 5.41) is 17.1. The van der Waals surface area contributed by atoms with Crippen molar-refractivity contribution in [2.75, 3.05) is 13.7 Å². The molecule has 1 amide bonds. The van der Waals surface area contributed by atoms with E-state index in [1.807, 2.05) is 0 Å². The molecule has 0 unspecified atom stereocenters. The molecular formula is C17H16BrN3O4. The number of halogens is 1. The van der Waals surface area contributed by atoms with Crippen LogP contribution in [0.4, 0.5) is 0 Å². The monoisotopic (exact) mass is 405 g/mol. The number of carbonyl (C=O) groups is 1. The third-order valence-corrected chi connectivity index (χ3v) is 3.46. The van der Waals surface area contributed by atoms with Crippen LogP contribution in [0.1, 0.15) is 11.1 Å². The molecule has 0 saturated heterocycles. The van der Waals surface area contributed by atoms with E-state index in [0.29, 0.717) is 5.56 Å². The smallest absolute Gasteiger partial charge is 0.280 e. The number of hydrogen-bond acceptors (Lipinski definition) is 6. The van der Waals surface area contributed by atoms with E-state index in [1.165, 1.54) is 18.5 Å². The molecule has 0 atom stereocenters. The predicted molar refractivity (Wildman–Crippen MR) is 98.1 cm³/mol. The van der Waals surface area contributed by atoms with Gasteiger partial charge in [-0.05, 0) is 48.0 Å². The van der Waals surface area contributed by atoms with Crippen molar-refractivity contribution < 1.29 is 19.5 Å². The molecule has 0 bridgehead atoms. The van der Waals surface area contributed by atoms with Gasteiger partial charge >= 0.3 is 0 Å². The maximum Gasteiger partial charge on any atom is 0.280 e. The minimum Gasteiger partial charge on any atom is -0.507 e. The zero-order chi connectivity index (χ0) is 18.1. The van der Waals surface area contributed by atoms with Gasteiger partial charge in [-0.1, -0.05) is 21.1 Å². The first-order chi connectivity index (χ1) is 12.1. The van der Waals surface area contributed by atoms with Crippen molar-refractivity contribution in [3.05, 3.63) is 58.1 Å². The Morgan fingerprint density at radius 1 is 1.24 bits per heavy atom. The van der Waals surface area contributed by atoms with E-state index in [4.69, 9.17) is 9.57 Å². The van der Waals surface area contributed by atoms with E-state index < -0.39 is 5.91 Å². The average molecular weight is 406 g/mol. The molecule has 25 heavy (non-hydrogen) atoms. The second kappa shape index (κ2) is 9.43. The summed E-state index contributed by atoms with van der Waals surface area (Å²) in [6.45, 7) is -0.283. The van der Waals surface area contributed by atoms with E-state index in [0.717, 1.165) is 15.8 Å². The van der Waals surface area contributed by atoms with E-state index in [9.17, 15) is 9.90 Å². The number of phenolic OH excluding ortho intramolecular Hbond substituents is 1. The molecule has 0 spiro atoms. The van der Waals surface area contributed by atoms with E-state index in [1.54, 1.807) is 43.5 Å². The normalized spacial score (nSPS) is 11.0. The molecule has 130 valence electrons. The third kappa shape index (κ3) is 6.27. The number of aromatic hydroxyl groups is 1. The minimum absolute atomic E-state index is 0.0570. The number of nitrogens with zero attached hydrogens (tertiary/aromatic N) is 2. The second-order valence-electron chi connectivity index (χ2n) is 4.78. The van der Waals surface area contributed by atoms with Crippen LogP contribution in [0, 0.1) is 0 Å². The Labute approximate surface area is 153 Å². The summed E-state index contributed by atoms with van der Waals surface area (Å²) in [5.74, 6) is 0.325. The topological polar surface area (TPSA) is 92.5 Å². The van der Waals surface area contributed by atoms with Gasteiger partial charge in [-0.15, -0.1) is 0 Å². The Kier molecular flexibility index (Phi) is 6.97. The lowest BCUT2D eigenvalue weighted by Gasteiger charge is -2.01. The van der Waals surface area contributed by atoms with Gasteiger partial charge in [0.2, 0.25) is 0 Å². The summed E-state index contributed by atoms with van der Waals surface area (Å²) in [6, 6.07) is 12.1.